The molecule has 0 spiro atoms. The largest absolute Gasteiger partial charge is 0.381 e. The van der Waals surface area contributed by atoms with Gasteiger partial charge in [-0.1, -0.05) is 6.08 Å². The number of carbonyl (C=O) groups is 1. The van der Waals surface area contributed by atoms with Gasteiger partial charge in [0.25, 0.3) is 0 Å². The highest BCUT2D eigenvalue weighted by atomic mass is 16.7. The third-order valence-corrected chi connectivity index (χ3v) is 5.04. The molecule has 0 bridgehead atoms. The topological polar surface area (TPSA) is 48.0 Å². The quantitative estimate of drug-likeness (QED) is 0.729. The summed E-state index contributed by atoms with van der Waals surface area (Å²) in [5.41, 5.74) is 0. The maximum Gasteiger partial charge on any atom is 0.246 e. The van der Waals surface area contributed by atoms with Gasteiger partial charge < -0.3 is 19.1 Å². The van der Waals surface area contributed by atoms with Gasteiger partial charge in [0, 0.05) is 25.6 Å². The fourth-order valence-corrected chi connectivity index (χ4v) is 3.62. The first-order valence-electron chi connectivity index (χ1n) is 8.54. The summed E-state index contributed by atoms with van der Waals surface area (Å²) in [4.78, 5) is 14.3. The first kappa shape index (κ1) is 16.0. The number of amides is 1. The summed E-state index contributed by atoms with van der Waals surface area (Å²) < 4.78 is 16.5. The van der Waals surface area contributed by atoms with Crippen molar-refractivity contribution in [2.75, 3.05) is 33.1 Å². The fourth-order valence-electron chi connectivity index (χ4n) is 3.62. The zero-order valence-corrected chi connectivity index (χ0v) is 13.4. The van der Waals surface area contributed by atoms with Crippen LogP contribution in [-0.4, -0.2) is 56.1 Å². The Kier molecular flexibility index (Phi) is 5.50. The van der Waals surface area contributed by atoms with Crippen LogP contribution in [0.3, 0.4) is 0 Å². The molecule has 1 amide bonds. The fraction of sp³-hybridized carbons (Fsp3) is 0.824. The van der Waals surface area contributed by atoms with E-state index in [-0.39, 0.29) is 18.1 Å². The molecule has 2 aliphatic heterocycles. The molecule has 3 rings (SSSR count). The lowest BCUT2D eigenvalue weighted by molar-refractivity contribution is -0.126. The Labute approximate surface area is 132 Å². The third kappa shape index (κ3) is 3.89. The van der Waals surface area contributed by atoms with Crippen molar-refractivity contribution in [2.45, 2.75) is 44.8 Å². The van der Waals surface area contributed by atoms with Gasteiger partial charge in [-0.25, -0.2) is 0 Å². The maximum atomic E-state index is 12.4. The molecule has 0 aromatic heterocycles. The van der Waals surface area contributed by atoms with Gasteiger partial charge in [-0.2, -0.15) is 0 Å². The van der Waals surface area contributed by atoms with Crippen LogP contribution < -0.4 is 0 Å². The first-order valence-corrected chi connectivity index (χ1v) is 8.54. The standard InChI is InChI=1S/C17H27NO4/c1-2-18(10-14-7-8-20-11-14)17(19)6-4-13-3-5-15-16(9-13)22-12-21-15/h4,6,13-16H,2-3,5,7-12H2,1H3/b6-4+. The Bertz CT molecular complexity index is 405. The van der Waals surface area contributed by atoms with E-state index in [0.29, 0.717) is 18.6 Å². The van der Waals surface area contributed by atoms with Gasteiger partial charge in [0.1, 0.15) is 6.79 Å². The van der Waals surface area contributed by atoms with Crippen LogP contribution in [0, 0.1) is 11.8 Å². The predicted octanol–water partition coefficient (Wildman–Crippen LogP) is 1.97. The van der Waals surface area contributed by atoms with Crippen LogP contribution in [0.4, 0.5) is 0 Å². The van der Waals surface area contributed by atoms with E-state index in [1.165, 1.54) is 0 Å². The van der Waals surface area contributed by atoms with Gasteiger partial charge in [0.2, 0.25) is 5.91 Å². The van der Waals surface area contributed by atoms with Gasteiger partial charge >= 0.3 is 0 Å². The molecule has 2 saturated heterocycles. The van der Waals surface area contributed by atoms with Crippen LogP contribution in [0.2, 0.25) is 0 Å². The molecule has 0 N–H and O–H groups in total. The van der Waals surface area contributed by atoms with Crippen LogP contribution >= 0.6 is 0 Å². The smallest absolute Gasteiger partial charge is 0.246 e. The average Bonchev–Trinajstić information content (AvgIpc) is 3.20. The van der Waals surface area contributed by atoms with E-state index in [2.05, 4.69) is 6.08 Å². The van der Waals surface area contributed by atoms with Gasteiger partial charge in [0.15, 0.2) is 0 Å². The van der Waals surface area contributed by atoms with Gasteiger partial charge in [-0.15, -0.1) is 0 Å². The van der Waals surface area contributed by atoms with E-state index in [1.807, 2.05) is 11.8 Å². The molecule has 5 heteroatoms. The molecule has 1 saturated carbocycles. The van der Waals surface area contributed by atoms with Crippen LogP contribution in [0.15, 0.2) is 12.2 Å². The van der Waals surface area contributed by atoms with Gasteiger partial charge in [-0.3, -0.25) is 4.79 Å². The molecule has 2 heterocycles. The highest BCUT2D eigenvalue weighted by Crippen LogP contribution is 2.32. The Morgan fingerprint density at radius 1 is 1.23 bits per heavy atom. The lowest BCUT2D eigenvalue weighted by Gasteiger charge is -2.28. The number of hydrogen-bond donors (Lipinski definition) is 0. The SMILES string of the molecule is CCN(CC1CCOC1)C(=O)/C=C/C1CCC2OCOC2C1. The van der Waals surface area contributed by atoms with E-state index < -0.39 is 0 Å². The first-order chi connectivity index (χ1) is 10.8. The molecular weight excluding hydrogens is 282 g/mol. The van der Waals surface area contributed by atoms with Crippen LogP contribution in [0.5, 0.6) is 0 Å². The van der Waals surface area contributed by atoms with E-state index in [0.717, 1.165) is 52.0 Å². The Morgan fingerprint density at radius 3 is 2.86 bits per heavy atom. The molecular formula is C17H27NO4. The van der Waals surface area contributed by atoms with Crippen LogP contribution in [0.25, 0.3) is 0 Å². The van der Waals surface area contributed by atoms with Crippen LogP contribution in [-0.2, 0) is 19.0 Å². The molecule has 4 unspecified atom stereocenters. The van der Waals surface area contributed by atoms with E-state index in [1.54, 1.807) is 6.08 Å². The average molecular weight is 309 g/mol. The summed E-state index contributed by atoms with van der Waals surface area (Å²) in [5.74, 6) is 1.05. The molecule has 22 heavy (non-hydrogen) atoms. The summed E-state index contributed by atoms with van der Waals surface area (Å²) in [6.07, 6.45) is 8.48. The number of nitrogens with zero attached hydrogens (tertiary/aromatic N) is 1. The minimum Gasteiger partial charge on any atom is -0.381 e. The summed E-state index contributed by atoms with van der Waals surface area (Å²) in [5, 5.41) is 0. The van der Waals surface area contributed by atoms with Crippen molar-refractivity contribution in [2.24, 2.45) is 11.8 Å². The third-order valence-electron chi connectivity index (χ3n) is 5.04. The molecule has 0 radical (unpaired) electrons. The summed E-state index contributed by atoms with van der Waals surface area (Å²) in [6, 6.07) is 0. The van der Waals surface area contributed by atoms with Crippen molar-refractivity contribution >= 4 is 5.91 Å². The van der Waals surface area contributed by atoms with Crippen molar-refractivity contribution in [3.05, 3.63) is 12.2 Å². The summed E-state index contributed by atoms with van der Waals surface area (Å²) in [6.45, 7) is 5.65. The van der Waals surface area contributed by atoms with E-state index in [4.69, 9.17) is 14.2 Å². The Balaban J connectivity index is 1.48. The summed E-state index contributed by atoms with van der Waals surface area (Å²) in [7, 11) is 0. The highest BCUT2D eigenvalue weighted by Gasteiger charge is 2.35. The van der Waals surface area contributed by atoms with Crippen molar-refractivity contribution < 1.29 is 19.0 Å². The number of rotatable bonds is 5. The number of fused-ring (bicyclic) bond motifs is 1. The normalized spacial score (nSPS) is 35.0. The predicted molar refractivity (Wildman–Crippen MR) is 82.3 cm³/mol. The number of hydrogen-bond acceptors (Lipinski definition) is 4. The lowest BCUT2D eigenvalue weighted by atomic mass is 9.85. The molecule has 0 aromatic rings. The number of carbonyl (C=O) groups excluding carboxylic acids is 1. The minimum absolute atomic E-state index is 0.125. The molecule has 4 atom stereocenters. The van der Waals surface area contributed by atoms with Crippen LogP contribution in [0.1, 0.15) is 32.6 Å². The number of likely N-dealkylation sites (N-methyl/N-ethyl adjacent to an activating group) is 1. The van der Waals surface area contributed by atoms with Crippen molar-refractivity contribution in [3.63, 3.8) is 0 Å². The maximum absolute atomic E-state index is 12.4. The monoisotopic (exact) mass is 309 g/mol. The Hall–Kier alpha value is -0.910. The summed E-state index contributed by atoms with van der Waals surface area (Å²) >= 11 is 0. The molecule has 3 aliphatic rings. The second-order valence-electron chi connectivity index (χ2n) is 6.57. The highest BCUT2D eigenvalue weighted by molar-refractivity contribution is 5.87. The number of ether oxygens (including phenoxy) is 3. The molecule has 3 fully saturated rings. The second-order valence-corrected chi connectivity index (χ2v) is 6.57. The van der Waals surface area contributed by atoms with Gasteiger partial charge in [-0.05, 0) is 44.6 Å². The van der Waals surface area contributed by atoms with Crippen molar-refractivity contribution in [3.8, 4) is 0 Å². The second kappa shape index (κ2) is 7.57. The van der Waals surface area contributed by atoms with Crippen molar-refractivity contribution in [1.82, 2.24) is 4.90 Å². The van der Waals surface area contributed by atoms with Crippen molar-refractivity contribution in [1.29, 1.82) is 0 Å². The minimum atomic E-state index is 0.125. The zero-order valence-electron chi connectivity index (χ0n) is 13.4. The Morgan fingerprint density at radius 2 is 2.09 bits per heavy atom. The van der Waals surface area contributed by atoms with E-state index >= 15 is 0 Å². The van der Waals surface area contributed by atoms with E-state index in [9.17, 15) is 4.79 Å². The molecule has 0 aromatic carbocycles. The van der Waals surface area contributed by atoms with Gasteiger partial charge in [0.05, 0.1) is 18.8 Å². The lowest BCUT2D eigenvalue weighted by Crippen LogP contribution is -2.34. The molecule has 5 nitrogen and oxygen atoms in total. The zero-order chi connectivity index (χ0) is 15.4. The molecule has 1 aliphatic carbocycles. The number of allylic oxidation sites excluding steroid dienone is 1. The molecule has 124 valence electrons.